The molecule has 0 aliphatic rings. The van der Waals surface area contributed by atoms with Crippen molar-refractivity contribution in [2.45, 2.75) is 26.9 Å². The first kappa shape index (κ1) is 10.5. The summed E-state index contributed by atoms with van der Waals surface area (Å²) in [5, 5.41) is 8.74. The number of nitriles is 1. The third-order valence-corrected chi connectivity index (χ3v) is 2.01. The van der Waals surface area contributed by atoms with Crippen LogP contribution in [0.4, 0.5) is 0 Å². The molecular weight excluding hydrogens is 178 g/mol. The zero-order chi connectivity index (χ0) is 10.6. The third kappa shape index (κ3) is 2.43. The van der Waals surface area contributed by atoms with E-state index < -0.39 is 0 Å². The van der Waals surface area contributed by atoms with E-state index >= 15 is 0 Å². The fraction of sp³-hybridized carbons (Fsp3) is 0.500. The Morgan fingerprint density at radius 1 is 1.29 bits per heavy atom. The molecule has 1 unspecified atom stereocenters. The molecule has 4 nitrogen and oxygen atoms in total. The Balaban J connectivity index is 2.82. The van der Waals surface area contributed by atoms with E-state index in [0.717, 1.165) is 0 Å². The maximum Gasteiger partial charge on any atom is 0.251 e. The topological polar surface area (TPSA) is 58.8 Å². The number of aromatic nitrogens is 2. The quantitative estimate of drug-likeness (QED) is 0.730. The monoisotopic (exact) mass is 191 g/mol. The molecule has 0 amide bonds. The minimum Gasteiger partial charge on any atom is -0.472 e. The van der Waals surface area contributed by atoms with Gasteiger partial charge < -0.3 is 4.74 Å². The molecule has 1 heterocycles. The van der Waals surface area contributed by atoms with Crippen molar-refractivity contribution in [3.63, 3.8) is 0 Å². The van der Waals surface area contributed by atoms with E-state index in [1.807, 2.05) is 26.8 Å². The first-order valence-electron chi connectivity index (χ1n) is 4.53. The minimum atomic E-state index is 0.0267. The molecule has 0 saturated heterocycles. The van der Waals surface area contributed by atoms with Crippen molar-refractivity contribution in [3.8, 4) is 11.9 Å². The summed E-state index contributed by atoms with van der Waals surface area (Å²) in [5.74, 6) is 0.694. The summed E-state index contributed by atoms with van der Waals surface area (Å²) < 4.78 is 5.50. The minimum absolute atomic E-state index is 0.0267. The van der Waals surface area contributed by atoms with Crippen LogP contribution in [0.3, 0.4) is 0 Å². The number of ether oxygens (including phenoxy) is 1. The van der Waals surface area contributed by atoms with Gasteiger partial charge in [-0.15, -0.1) is 0 Å². The highest BCUT2D eigenvalue weighted by molar-refractivity contribution is 5.29. The summed E-state index contributed by atoms with van der Waals surface area (Å²) >= 11 is 0. The van der Waals surface area contributed by atoms with Crippen molar-refractivity contribution in [2.24, 2.45) is 5.92 Å². The Kier molecular flexibility index (Phi) is 3.41. The normalized spacial score (nSPS) is 12.2. The van der Waals surface area contributed by atoms with Gasteiger partial charge in [-0.2, -0.15) is 5.26 Å². The van der Waals surface area contributed by atoms with E-state index in [2.05, 4.69) is 9.97 Å². The van der Waals surface area contributed by atoms with Crippen LogP contribution in [-0.2, 0) is 0 Å². The molecule has 1 aromatic rings. The summed E-state index contributed by atoms with van der Waals surface area (Å²) in [5.41, 5.74) is 0.236. The van der Waals surface area contributed by atoms with Crippen molar-refractivity contribution in [1.29, 1.82) is 5.26 Å². The predicted octanol–water partition coefficient (Wildman–Crippen LogP) is 1.77. The third-order valence-electron chi connectivity index (χ3n) is 2.01. The van der Waals surface area contributed by atoms with Crippen molar-refractivity contribution in [3.05, 3.63) is 18.1 Å². The Morgan fingerprint density at radius 2 is 1.93 bits per heavy atom. The zero-order valence-electron chi connectivity index (χ0n) is 8.56. The van der Waals surface area contributed by atoms with Gasteiger partial charge in [0.1, 0.15) is 12.2 Å². The van der Waals surface area contributed by atoms with Gasteiger partial charge in [-0.3, -0.25) is 0 Å². The fourth-order valence-electron chi connectivity index (χ4n) is 0.800. The molecule has 0 aromatic carbocycles. The molecule has 0 bridgehead atoms. The van der Waals surface area contributed by atoms with Gasteiger partial charge in [-0.1, -0.05) is 13.8 Å². The molecule has 0 fully saturated rings. The van der Waals surface area contributed by atoms with E-state index in [9.17, 15) is 0 Å². The maximum absolute atomic E-state index is 8.74. The Labute approximate surface area is 83.6 Å². The lowest BCUT2D eigenvalue weighted by atomic mass is 10.1. The van der Waals surface area contributed by atoms with Crippen LogP contribution in [0.1, 0.15) is 26.5 Å². The highest BCUT2D eigenvalue weighted by Gasteiger charge is 2.12. The number of rotatable bonds is 3. The van der Waals surface area contributed by atoms with Gasteiger partial charge >= 0.3 is 0 Å². The van der Waals surface area contributed by atoms with Gasteiger partial charge in [0.05, 0.1) is 0 Å². The van der Waals surface area contributed by atoms with Crippen molar-refractivity contribution >= 4 is 0 Å². The second-order valence-electron chi connectivity index (χ2n) is 3.39. The second-order valence-corrected chi connectivity index (χ2v) is 3.39. The summed E-state index contributed by atoms with van der Waals surface area (Å²) in [6.07, 6.45) is 3.02. The van der Waals surface area contributed by atoms with Crippen LogP contribution in [0, 0.1) is 17.2 Å². The van der Waals surface area contributed by atoms with Crippen LogP contribution in [0.5, 0.6) is 5.88 Å². The van der Waals surface area contributed by atoms with Crippen LogP contribution >= 0.6 is 0 Å². The molecule has 14 heavy (non-hydrogen) atoms. The summed E-state index contributed by atoms with van der Waals surface area (Å²) in [6.45, 7) is 6.04. The van der Waals surface area contributed by atoms with Gasteiger partial charge in [0.15, 0.2) is 0 Å². The molecule has 0 aliphatic heterocycles. The van der Waals surface area contributed by atoms with Crippen LogP contribution in [0.25, 0.3) is 0 Å². The van der Waals surface area contributed by atoms with Crippen molar-refractivity contribution < 1.29 is 4.74 Å². The first-order chi connectivity index (χ1) is 6.65. The molecule has 74 valence electrons. The van der Waals surface area contributed by atoms with E-state index in [1.54, 1.807) is 0 Å². The maximum atomic E-state index is 8.74. The van der Waals surface area contributed by atoms with E-state index in [-0.39, 0.29) is 11.8 Å². The van der Waals surface area contributed by atoms with Gasteiger partial charge in [0.25, 0.3) is 5.88 Å². The smallest absolute Gasteiger partial charge is 0.251 e. The lowest BCUT2D eigenvalue weighted by Gasteiger charge is -2.17. The average Bonchev–Trinajstić information content (AvgIpc) is 2.18. The molecular formula is C10H13N3O. The zero-order valence-corrected chi connectivity index (χ0v) is 8.56. The Morgan fingerprint density at radius 3 is 2.50 bits per heavy atom. The highest BCUT2D eigenvalue weighted by Crippen LogP contribution is 2.15. The van der Waals surface area contributed by atoms with Crippen LogP contribution < -0.4 is 4.74 Å². The molecule has 0 saturated carbocycles. The second kappa shape index (κ2) is 4.56. The first-order valence-corrected chi connectivity index (χ1v) is 4.53. The molecule has 0 aliphatic carbocycles. The van der Waals surface area contributed by atoms with E-state index in [0.29, 0.717) is 11.8 Å². The Bertz CT molecular complexity index is 343. The summed E-state index contributed by atoms with van der Waals surface area (Å²) in [7, 11) is 0. The Hall–Kier alpha value is -1.63. The number of hydrogen-bond donors (Lipinski definition) is 0. The van der Waals surface area contributed by atoms with Crippen molar-refractivity contribution in [2.75, 3.05) is 0 Å². The number of hydrogen-bond acceptors (Lipinski definition) is 4. The molecule has 1 rings (SSSR count). The van der Waals surface area contributed by atoms with Gasteiger partial charge in [-0.05, 0) is 12.8 Å². The van der Waals surface area contributed by atoms with Crippen LogP contribution in [-0.4, -0.2) is 16.1 Å². The molecule has 4 heteroatoms. The SMILES string of the molecule is CC(C)C(C)Oc1nccnc1C#N. The number of nitrogens with zero attached hydrogens (tertiary/aromatic N) is 3. The summed E-state index contributed by atoms with van der Waals surface area (Å²) in [6, 6.07) is 1.94. The average molecular weight is 191 g/mol. The van der Waals surface area contributed by atoms with E-state index in [4.69, 9.17) is 10.00 Å². The molecule has 1 aromatic heterocycles. The molecule has 0 spiro atoms. The lowest BCUT2D eigenvalue weighted by Crippen LogP contribution is -2.20. The largest absolute Gasteiger partial charge is 0.472 e. The predicted molar refractivity (Wildman–Crippen MR) is 51.7 cm³/mol. The van der Waals surface area contributed by atoms with Gasteiger partial charge in [-0.25, -0.2) is 9.97 Å². The molecule has 1 atom stereocenters. The highest BCUT2D eigenvalue weighted by atomic mass is 16.5. The van der Waals surface area contributed by atoms with Crippen LogP contribution in [0.2, 0.25) is 0 Å². The fourth-order valence-corrected chi connectivity index (χ4v) is 0.800. The lowest BCUT2D eigenvalue weighted by molar-refractivity contribution is 0.162. The van der Waals surface area contributed by atoms with Gasteiger partial charge in [0, 0.05) is 12.4 Å². The van der Waals surface area contributed by atoms with E-state index in [1.165, 1.54) is 12.4 Å². The molecule has 0 radical (unpaired) electrons. The standard InChI is InChI=1S/C10H13N3O/c1-7(2)8(3)14-10-9(6-11)12-4-5-13-10/h4-5,7-8H,1-3H3. The van der Waals surface area contributed by atoms with Gasteiger partial charge in [0.2, 0.25) is 5.69 Å². The van der Waals surface area contributed by atoms with Crippen molar-refractivity contribution in [1.82, 2.24) is 9.97 Å². The van der Waals surface area contributed by atoms with Crippen LogP contribution in [0.15, 0.2) is 12.4 Å². The summed E-state index contributed by atoms with van der Waals surface area (Å²) in [4.78, 5) is 7.83. The molecule has 0 N–H and O–H groups in total.